The van der Waals surface area contributed by atoms with Gasteiger partial charge in [-0.3, -0.25) is 14.7 Å². The number of hydrogen-bond donors (Lipinski definition) is 2. The standard InChI is InChI=1S/C22H28N4O3/c27-21(15-29-17-10-2-1-3-11-17)26-13-7-6-12-20(26)18-14-19(25-24-18)22(28)23-16-8-4-5-9-16/h1-3,10-11,14,16,20H,4-9,12-13,15H2,(H,23,28)(H,24,25)/t20-/m1/s1. The fourth-order valence-corrected chi connectivity index (χ4v) is 4.25. The Labute approximate surface area is 170 Å². The van der Waals surface area contributed by atoms with Gasteiger partial charge in [0, 0.05) is 12.6 Å². The van der Waals surface area contributed by atoms with Gasteiger partial charge in [-0.15, -0.1) is 0 Å². The van der Waals surface area contributed by atoms with Gasteiger partial charge in [0.25, 0.3) is 11.8 Å². The largest absolute Gasteiger partial charge is 0.484 e. The molecule has 1 saturated heterocycles. The van der Waals surface area contributed by atoms with Gasteiger partial charge in [-0.1, -0.05) is 31.0 Å². The zero-order chi connectivity index (χ0) is 20.1. The molecule has 7 nitrogen and oxygen atoms in total. The Morgan fingerprint density at radius 1 is 1.10 bits per heavy atom. The van der Waals surface area contributed by atoms with Gasteiger partial charge in [0.15, 0.2) is 6.61 Å². The van der Waals surface area contributed by atoms with E-state index < -0.39 is 0 Å². The van der Waals surface area contributed by atoms with Gasteiger partial charge in [0.2, 0.25) is 0 Å². The maximum absolute atomic E-state index is 12.8. The molecular formula is C22H28N4O3. The minimum atomic E-state index is -0.138. The Morgan fingerprint density at radius 3 is 2.66 bits per heavy atom. The van der Waals surface area contributed by atoms with Crippen molar-refractivity contribution in [3.8, 4) is 5.75 Å². The lowest BCUT2D eigenvalue weighted by molar-refractivity contribution is -0.137. The van der Waals surface area contributed by atoms with Crippen LogP contribution in [0.3, 0.4) is 0 Å². The van der Waals surface area contributed by atoms with E-state index in [1.165, 1.54) is 12.8 Å². The fraction of sp³-hybridized carbons (Fsp3) is 0.500. The first-order chi connectivity index (χ1) is 14.2. The number of aromatic nitrogens is 2. The number of rotatable bonds is 6. The molecule has 0 bridgehead atoms. The molecule has 7 heteroatoms. The third-order valence-electron chi connectivity index (χ3n) is 5.81. The highest BCUT2D eigenvalue weighted by Crippen LogP contribution is 2.30. The van der Waals surface area contributed by atoms with Crippen molar-refractivity contribution in [1.29, 1.82) is 0 Å². The first-order valence-electron chi connectivity index (χ1n) is 10.5. The number of nitrogens with one attached hydrogen (secondary N) is 2. The topological polar surface area (TPSA) is 87.3 Å². The molecule has 2 fully saturated rings. The molecule has 0 spiro atoms. The molecule has 2 aliphatic rings. The van der Waals surface area contributed by atoms with E-state index in [9.17, 15) is 9.59 Å². The van der Waals surface area contributed by atoms with Crippen molar-refractivity contribution in [2.24, 2.45) is 0 Å². The monoisotopic (exact) mass is 396 g/mol. The van der Waals surface area contributed by atoms with Gasteiger partial charge in [-0.25, -0.2) is 0 Å². The van der Waals surface area contributed by atoms with E-state index in [-0.39, 0.29) is 30.5 Å². The smallest absolute Gasteiger partial charge is 0.271 e. The SMILES string of the molecule is O=C(NC1CCCC1)c1cc([C@H]2CCCCN2C(=O)COc2ccccc2)[nH]n1. The van der Waals surface area contributed by atoms with Crippen LogP contribution in [0.15, 0.2) is 36.4 Å². The Kier molecular flexibility index (Phi) is 6.12. The van der Waals surface area contributed by atoms with Gasteiger partial charge >= 0.3 is 0 Å². The van der Waals surface area contributed by atoms with Crippen LogP contribution in [-0.2, 0) is 4.79 Å². The molecule has 2 N–H and O–H groups in total. The van der Waals surface area contributed by atoms with E-state index in [0.29, 0.717) is 18.0 Å². The van der Waals surface area contributed by atoms with Crippen molar-refractivity contribution < 1.29 is 14.3 Å². The molecule has 1 aliphatic carbocycles. The van der Waals surface area contributed by atoms with Crippen LogP contribution >= 0.6 is 0 Å². The Balaban J connectivity index is 1.39. The van der Waals surface area contributed by atoms with Crippen molar-refractivity contribution in [2.75, 3.05) is 13.2 Å². The lowest BCUT2D eigenvalue weighted by Gasteiger charge is -2.35. The van der Waals surface area contributed by atoms with Crippen LogP contribution in [0.4, 0.5) is 0 Å². The second kappa shape index (κ2) is 9.11. The van der Waals surface area contributed by atoms with Crippen LogP contribution < -0.4 is 10.1 Å². The minimum absolute atomic E-state index is 0.00364. The minimum Gasteiger partial charge on any atom is -0.484 e. The number of piperidine rings is 1. The molecule has 1 saturated carbocycles. The number of benzene rings is 1. The third-order valence-corrected chi connectivity index (χ3v) is 5.81. The van der Waals surface area contributed by atoms with Crippen molar-refractivity contribution >= 4 is 11.8 Å². The first-order valence-corrected chi connectivity index (χ1v) is 10.5. The molecule has 2 aromatic rings. The number of ether oxygens (including phenoxy) is 1. The van der Waals surface area contributed by atoms with Crippen molar-refractivity contribution in [3.63, 3.8) is 0 Å². The highest BCUT2D eigenvalue weighted by Gasteiger charge is 2.30. The molecule has 1 aromatic carbocycles. The molecule has 1 aromatic heterocycles. The Bertz CT molecular complexity index is 830. The summed E-state index contributed by atoms with van der Waals surface area (Å²) in [7, 11) is 0. The number of carbonyl (C=O) groups excluding carboxylic acids is 2. The van der Waals surface area contributed by atoms with Crippen LogP contribution in [0.5, 0.6) is 5.75 Å². The highest BCUT2D eigenvalue weighted by atomic mass is 16.5. The molecule has 0 radical (unpaired) electrons. The molecular weight excluding hydrogens is 368 g/mol. The van der Waals surface area contributed by atoms with Crippen LogP contribution in [-0.4, -0.2) is 46.1 Å². The number of hydrogen-bond acceptors (Lipinski definition) is 4. The maximum Gasteiger partial charge on any atom is 0.271 e. The predicted octanol–water partition coefficient (Wildman–Crippen LogP) is 3.21. The van der Waals surface area contributed by atoms with E-state index >= 15 is 0 Å². The van der Waals surface area contributed by atoms with E-state index in [1.54, 1.807) is 6.07 Å². The van der Waals surface area contributed by atoms with E-state index in [2.05, 4.69) is 15.5 Å². The van der Waals surface area contributed by atoms with Crippen LogP contribution in [0.2, 0.25) is 0 Å². The predicted molar refractivity (Wildman–Crippen MR) is 109 cm³/mol. The normalized spacial score (nSPS) is 19.9. The Hall–Kier alpha value is -2.83. The highest BCUT2D eigenvalue weighted by molar-refractivity contribution is 5.92. The number of nitrogens with zero attached hydrogens (tertiary/aromatic N) is 2. The average Bonchev–Trinajstić information content (AvgIpc) is 3.45. The summed E-state index contributed by atoms with van der Waals surface area (Å²) in [6.07, 6.45) is 7.27. The summed E-state index contributed by atoms with van der Waals surface area (Å²) in [4.78, 5) is 27.1. The van der Waals surface area contributed by atoms with Gasteiger partial charge < -0.3 is 15.0 Å². The quantitative estimate of drug-likeness (QED) is 0.785. The number of aromatic amines is 1. The molecule has 29 heavy (non-hydrogen) atoms. The second-order valence-corrected chi connectivity index (χ2v) is 7.86. The van der Waals surface area contributed by atoms with Crippen molar-refractivity contribution in [1.82, 2.24) is 20.4 Å². The fourth-order valence-electron chi connectivity index (χ4n) is 4.25. The summed E-state index contributed by atoms with van der Waals surface area (Å²) in [5.74, 6) is 0.493. The lowest BCUT2D eigenvalue weighted by Crippen LogP contribution is -2.41. The zero-order valence-electron chi connectivity index (χ0n) is 16.6. The summed E-state index contributed by atoms with van der Waals surface area (Å²) >= 11 is 0. The summed E-state index contributed by atoms with van der Waals surface area (Å²) in [6, 6.07) is 11.3. The van der Waals surface area contributed by atoms with Crippen molar-refractivity contribution in [3.05, 3.63) is 47.8 Å². The molecule has 4 rings (SSSR count). The molecule has 2 heterocycles. The number of H-pyrrole nitrogens is 1. The van der Waals surface area contributed by atoms with E-state index in [4.69, 9.17) is 4.74 Å². The zero-order valence-corrected chi connectivity index (χ0v) is 16.6. The summed E-state index contributed by atoms with van der Waals surface area (Å²) in [5.41, 5.74) is 1.21. The van der Waals surface area contributed by atoms with Crippen molar-refractivity contribution in [2.45, 2.75) is 57.0 Å². The molecule has 1 aliphatic heterocycles. The number of carbonyl (C=O) groups is 2. The number of amides is 2. The second-order valence-electron chi connectivity index (χ2n) is 7.86. The van der Waals surface area contributed by atoms with Gasteiger partial charge in [-0.05, 0) is 50.3 Å². The maximum atomic E-state index is 12.8. The Morgan fingerprint density at radius 2 is 1.86 bits per heavy atom. The van der Waals surface area contributed by atoms with Crippen LogP contribution in [0, 0.1) is 0 Å². The van der Waals surface area contributed by atoms with Gasteiger partial charge in [0.1, 0.15) is 11.4 Å². The average molecular weight is 396 g/mol. The number of para-hydroxylation sites is 1. The summed E-state index contributed by atoms with van der Waals surface area (Å²) < 4.78 is 5.64. The van der Waals surface area contributed by atoms with E-state index in [0.717, 1.165) is 37.8 Å². The summed E-state index contributed by atoms with van der Waals surface area (Å²) in [6.45, 7) is 0.688. The van der Waals surface area contributed by atoms with Gasteiger partial charge in [-0.2, -0.15) is 5.10 Å². The molecule has 154 valence electrons. The third kappa shape index (κ3) is 4.78. The molecule has 2 amide bonds. The molecule has 0 unspecified atom stereocenters. The molecule has 1 atom stereocenters. The van der Waals surface area contributed by atoms with Gasteiger partial charge in [0.05, 0.1) is 11.7 Å². The number of likely N-dealkylation sites (tertiary alicyclic amines) is 1. The van der Waals surface area contributed by atoms with Crippen LogP contribution in [0.25, 0.3) is 0 Å². The van der Waals surface area contributed by atoms with E-state index in [1.807, 2.05) is 35.2 Å². The lowest BCUT2D eigenvalue weighted by atomic mass is 9.99. The van der Waals surface area contributed by atoms with Crippen LogP contribution in [0.1, 0.15) is 67.2 Å². The summed E-state index contributed by atoms with van der Waals surface area (Å²) in [5, 5.41) is 10.3. The first kappa shape index (κ1) is 19.5.